The Labute approximate surface area is 181 Å². The van der Waals surface area contributed by atoms with Gasteiger partial charge in [0.1, 0.15) is 5.75 Å². The van der Waals surface area contributed by atoms with E-state index in [1.165, 1.54) is 0 Å². The van der Waals surface area contributed by atoms with E-state index in [9.17, 15) is 9.59 Å². The van der Waals surface area contributed by atoms with Crippen molar-refractivity contribution < 1.29 is 19.0 Å². The second kappa shape index (κ2) is 8.83. The van der Waals surface area contributed by atoms with Crippen LogP contribution in [0.2, 0.25) is 0 Å². The van der Waals surface area contributed by atoms with E-state index >= 15 is 0 Å². The van der Waals surface area contributed by atoms with E-state index in [1.54, 1.807) is 23.9 Å². The molecule has 0 unspecified atom stereocenters. The highest BCUT2D eigenvalue weighted by Crippen LogP contribution is 2.26. The highest BCUT2D eigenvalue weighted by atomic mass is 16.5. The zero-order valence-corrected chi connectivity index (χ0v) is 17.4. The molecule has 1 aliphatic rings. The Balaban J connectivity index is 1.71. The minimum absolute atomic E-state index is 0.277. The van der Waals surface area contributed by atoms with Crippen LogP contribution < -0.4 is 15.5 Å². The van der Waals surface area contributed by atoms with Gasteiger partial charge in [0.25, 0.3) is 5.91 Å². The molecule has 0 aliphatic carbocycles. The van der Waals surface area contributed by atoms with E-state index in [-0.39, 0.29) is 11.8 Å². The molecular formula is C25H24N3O3+. The van der Waals surface area contributed by atoms with Crippen molar-refractivity contribution in [2.75, 3.05) is 7.11 Å². The Hall–Kier alpha value is -3.93. The Bertz CT molecular complexity index is 1120. The molecule has 1 fully saturated rings. The summed E-state index contributed by atoms with van der Waals surface area (Å²) in [6.07, 6.45) is 1.83. The summed E-state index contributed by atoms with van der Waals surface area (Å²) in [4.78, 5) is 25.8. The predicted octanol–water partition coefficient (Wildman–Crippen LogP) is 3.02. The first-order valence-corrected chi connectivity index (χ1v) is 10.1. The third-order valence-electron chi connectivity index (χ3n) is 5.30. The quantitative estimate of drug-likeness (QED) is 0.631. The van der Waals surface area contributed by atoms with Crippen LogP contribution in [0.3, 0.4) is 0 Å². The summed E-state index contributed by atoms with van der Waals surface area (Å²) < 4.78 is 7.17. The van der Waals surface area contributed by atoms with Gasteiger partial charge in [-0.3, -0.25) is 9.59 Å². The van der Waals surface area contributed by atoms with Crippen molar-refractivity contribution in [2.45, 2.75) is 19.0 Å². The Morgan fingerprint density at radius 1 is 1.00 bits per heavy atom. The van der Waals surface area contributed by atoms with Gasteiger partial charge in [0.15, 0.2) is 6.04 Å². The molecule has 0 aromatic heterocycles. The average molecular weight is 414 g/mol. The van der Waals surface area contributed by atoms with Gasteiger partial charge in [-0.1, -0.05) is 60.2 Å². The molecule has 3 aromatic rings. The van der Waals surface area contributed by atoms with Gasteiger partial charge in [0, 0.05) is 11.1 Å². The van der Waals surface area contributed by atoms with E-state index in [0.29, 0.717) is 11.3 Å². The Morgan fingerprint density at radius 3 is 2.39 bits per heavy atom. The van der Waals surface area contributed by atoms with Gasteiger partial charge in [-0.2, -0.15) is 0 Å². The van der Waals surface area contributed by atoms with E-state index in [0.717, 1.165) is 16.7 Å². The number of hydrogen-bond donors (Lipinski definition) is 2. The standard InChI is InChI=1S/C25H23N3O3/c1-17-12-14-19(15-13-17)24(29)26-22-23(18-8-4-3-5-9-18)28(27-25(22)30)16-20-10-6-7-11-21(20)31-2/h3-16,22-23H,1-2H3,(H-,26,27,29,30)/p+1/b28-16-/t22-,23-/m1/s1. The number of carbonyl (C=O) groups excluding carboxylic acids is 2. The summed E-state index contributed by atoms with van der Waals surface area (Å²) in [7, 11) is 1.61. The van der Waals surface area contributed by atoms with Gasteiger partial charge in [0.05, 0.1) is 12.7 Å². The molecular weight excluding hydrogens is 390 g/mol. The van der Waals surface area contributed by atoms with Crippen LogP contribution in [0.15, 0.2) is 78.9 Å². The summed E-state index contributed by atoms with van der Waals surface area (Å²) in [5.74, 6) is 0.122. The molecule has 2 N–H and O–H groups in total. The molecule has 6 heteroatoms. The highest BCUT2D eigenvalue weighted by molar-refractivity contribution is 5.98. The SMILES string of the molecule is COc1ccccc1/C=[N+]1\NC(=O)[C@H](NC(=O)c2ccc(C)cc2)[C@H]1c1ccccc1. The number of benzene rings is 3. The maximum absolute atomic E-state index is 12.9. The predicted molar refractivity (Wildman–Crippen MR) is 118 cm³/mol. The number of para-hydroxylation sites is 1. The molecule has 1 saturated heterocycles. The first-order chi connectivity index (χ1) is 15.1. The van der Waals surface area contributed by atoms with Gasteiger partial charge < -0.3 is 10.1 Å². The minimum Gasteiger partial charge on any atom is -0.496 e. The first-order valence-electron chi connectivity index (χ1n) is 10.1. The Kier molecular flexibility index (Phi) is 5.80. The summed E-state index contributed by atoms with van der Waals surface area (Å²) >= 11 is 0. The summed E-state index contributed by atoms with van der Waals surface area (Å²) in [5, 5.41) is 2.91. The van der Waals surface area contributed by atoms with Crippen molar-refractivity contribution >= 4 is 18.0 Å². The van der Waals surface area contributed by atoms with Crippen LogP contribution in [0.5, 0.6) is 5.75 Å². The van der Waals surface area contributed by atoms with E-state index in [4.69, 9.17) is 4.74 Å². The first kappa shape index (κ1) is 20.3. The zero-order valence-electron chi connectivity index (χ0n) is 17.4. The molecule has 2 atom stereocenters. The number of hydrazine groups is 1. The second-order valence-corrected chi connectivity index (χ2v) is 7.43. The molecule has 31 heavy (non-hydrogen) atoms. The monoisotopic (exact) mass is 414 g/mol. The van der Waals surface area contributed by atoms with Crippen molar-refractivity contribution in [1.29, 1.82) is 0 Å². The lowest BCUT2D eigenvalue weighted by atomic mass is 9.99. The minimum atomic E-state index is -0.762. The van der Waals surface area contributed by atoms with Crippen molar-refractivity contribution in [3.63, 3.8) is 0 Å². The second-order valence-electron chi connectivity index (χ2n) is 7.43. The maximum Gasteiger partial charge on any atom is 0.304 e. The molecule has 1 heterocycles. The smallest absolute Gasteiger partial charge is 0.304 e. The van der Waals surface area contributed by atoms with Gasteiger partial charge in [-0.15, -0.1) is 10.1 Å². The van der Waals surface area contributed by atoms with Crippen molar-refractivity contribution in [3.05, 3.63) is 101 Å². The number of amides is 2. The van der Waals surface area contributed by atoms with Crippen LogP contribution in [0.25, 0.3) is 0 Å². The summed E-state index contributed by atoms with van der Waals surface area (Å²) in [6.45, 7) is 1.96. The van der Waals surface area contributed by atoms with Gasteiger partial charge in [-0.25, -0.2) is 0 Å². The zero-order chi connectivity index (χ0) is 21.8. The third kappa shape index (κ3) is 4.33. The highest BCUT2D eigenvalue weighted by Gasteiger charge is 2.47. The van der Waals surface area contributed by atoms with Crippen LogP contribution in [-0.4, -0.2) is 35.9 Å². The number of aryl methyl sites for hydroxylation is 1. The van der Waals surface area contributed by atoms with Crippen LogP contribution in [0.4, 0.5) is 0 Å². The van der Waals surface area contributed by atoms with Gasteiger partial charge in [0.2, 0.25) is 12.3 Å². The number of ether oxygens (including phenoxy) is 1. The van der Waals surface area contributed by atoms with Crippen LogP contribution in [0, 0.1) is 6.92 Å². The Morgan fingerprint density at radius 2 is 1.68 bits per heavy atom. The van der Waals surface area contributed by atoms with Crippen LogP contribution >= 0.6 is 0 Å². The van der Waals surface area contributed by atoms with Crippen molar-refractivity contribution in [3.8, 4) is 5.75 Å². The molecule has 0 radical (unpaired) electrons. The van der Waals surface area contributed by atoms with E-state index in [2.05, 4.69) is 10.7 Å². The van der Waals surface area contributed by atoms with E-state index in [1.807, 2.05) is 79.9 Å². The molecule has 2 amide bonds. The largest absolute Gasteiger partial charge is 0.496 e. The molecule has 3 aromatic carbocycles. The lowest BCUT2D eigenvalue weighted by Gasteiger charge is -2.15. The lowest BCUT2D eigenvalue weighted by molar-refractivity contribution is -0.596. The van der Waals surface area contributed by atoms with Gasteiger partial charge >= 0.3 is 5.91 Å². The fourth-order valence-corrected chi connectivity index (χ4v) is 3.68. The molecule has 0 bridgehead atoms. The number of nitrogens with zero attached hydrogens (tertiary/aromatic N) is 1. The number of nitrogens with one attached hydrogen (secondary N) is 2. The fraction of sp³-hybridized carbons (Fsp3) is 0.160. The number of carbonyl (C=O) groups is 2. The number of rotatable bonds is 5. The summed E-state index contributed by atoms with van der Waals surface area (Å²) in [6, 6.07) is 23.3. The molecule has 0 spiro atoms. The number of hydrogen-bond acceptors (Lipinski definition) is 3. The molecule has 1 aliphatic heterocycles. The fourth-order valence-electron chi connectivity index (χ4n) is 3.68. The average Bonchev–Trinajstić information content (AvgIpc) is 3.09. The van der Waals surface area contributed by atoms with Crippen LogP contribution in [0.1, 0.15) is 33.1 Å². The number of methoxy groups -OCH3 is 1. The molecule has 156 valence electrons. The lowest BCUT2D eigenvalue weighted by Crippen LogP contribution is -2.42. The van der Waals surface area contributed by atoms with E-state index < -0.39 is 12.1 Å². The van der Waals surface area contributed by atoms with Crippen LogP contribution in [-0.2, 0) is 4.79 Å². The topological polar surface area (TPSA) is 70.4 Å². The molecule has 4 rings (SSSR count). The third-order valence-corrected chi connectivity index (χ3v) is 5.30. The van der Waals surface area contributed by atoms with Crippen molar-refractivity contribution in [1.82, 2.24) is 10.7 Å². The van der Waals surface area contributed by atoms with Gasteiger partial charge in [-0.05, 0) is 31.2 Å². The molecule has 0 saturated carbocycles. The van der Waals surface area contributed by atoms with Crippen molar-refractivity contribution in [2.24, 2.45) is 0 Å². The molecule has 6 nitrogen and oxygen atoms in total. The maximum atomic E-state index is 12.9. The summed E-state index contributed by atoms with van der Waals surface area (Å²) in [5.41, 5.74) is 6.18. The normalized spacial score (nSPS) is 19.2. The number of hydrazone groups is 1.